The second kappa shape index (κ2) is 5.68. The molecule has 1 rings (SSSR count). The highest BCUT2D eigenvalue weighted by molar-refractivity contribution is 6.33. The number of hydrogen-bond donors (Lipinski definition) is 1. The standard InChI is InChI=1S/C10H12Cl2O3/c1-14-10(15-2)9(13)7-5-6(11)3-4-8(7)12/h3-5,9-10,13H,1-2H3. The second-order valence-electron chi connectivity index (χ2n) is 2.95. The fourth-order valence-electron chi connectivity index (χ4n) is 1.24. The lowest BCUT2D eigenvalue weighted by molar-refractivity contribution is -0.166. The number of methoxy groups -OCH3 is 2. The van der Waals surface area contributed by atoms with Crippen molar-refractivity contribution in [1.82, 2.24) is 0 Å². The first-order chi connectivity index (χ1) is 7.10. The van der Waals surface area contributed by atoms with E-state index < -0.39 is 12.4 Å². The third kappa shape index (κ3) is 3.06. The van der Waals surface area contributed by atoms with E-state index in [1.807, 2.05) is 0 Å². The van der Waals surface area contributed by atoms with Crippen LogP contribution < -0.4 is 0 Å². The zero-order valence-corrected chi connectivity index (χ0v) is 9.92. The number of benzene rings is 1. The number of halogens is 2. The van der Waals surface area contributed by atoms with Crippen LogP contribution in [-0.4, -0.2) is 25.6 Å². The Morgan fingerprint density at radius 1 is 1.20 bits per heavy atom. The van der Waals surface area contributed by atoms with Crippen molar-refractivity contribution in [3.05, 3.63) is 33.8 Å². The summed E-state index contributed by atoms with van der Waals surface area (Å²) in [6, 6.07) is 4.85. The summed E-state index contributed by atoms with van der Waals surface area (Å²) in [5, 5.41) is 10.8. The van der Waals surface area contributed by atoms with E-state index in [1.54, 1.807) is 18.2 Å². The van der Waals surface area contributed by atoms with Gasteiger partial charge in [-0.3, -0.25) is 0 Å². The molecule has 84 valence electrons. The van der Waals surface area contributed by atoms with Crippen LogP contribution in [0, 0.1) is 0 Å². The van der Waals surface area contributed by atoms with E-state index in [1.165, 1.54) is 14.2 Å². The molecule has 1 aromatic rings. The molecule has 3 nitrogen and oxygen atoms in total. The summed E-state index contributed by atoms with van der Waals surface area (Å²) in [5.74, 6) is 0. The number of aliphatic hydroxyl groups is 1. The van der Waals surface area contributed by atoms with Gasteiger partial charge in [-0.2, -0.15) is 0 Å². The highest BCUT2D eigenvalue weighted by Gasteiger charge is 2.22. The summed E-state index contributed by atoms with van der Waals surface area (Å²) < 4.78 is 9.87. The summed E-state index contributed by atoms with van der Waals surface area (Å²) in [4.78, 5) is 0. The van der Waals surface area contributed by atoms with Crippen molar-refractivity contribution in [3.63, 3.8) is 0 Å². The largest absolute Gasteiger partial charge is 0.383 e. The van der Waals surface area contributed by atoms with Gasteiger partial charge in [0.1, 0.15) is 6.10 Å². The highest BCUT2D eigenvalue weighted by Crippen LogP contribution is 2.29. The molecule has 0 fully saturated rings. The molecule has 0 aliphatic heterocycles. The van der Waals surface area contributed by atoms with E-state index in [2.05, 4.69) is 0 Å². The van der Waals surface area contributed by atoms with Gasteiger partial charge in [0.15, 0.2) is 6.29 Å². The van der Waals surface area contributed by atoms with E-state index in [0.29, 0.717) is 15.6 Å². The molecule has 1 unspecified atom stereocenters. The Bertz CT molecular complexity index is 326. The molecule has 0 amide bonds. The van der Waals surface area contributed by atoms with Crippen molar-refractivity contribution in [2.75, 3.05) is 14.2 Å². The highest BCUT2D eigenvalue weighted by atomic mass is 35.5. The van der Waals surface area contributed by atoms with Crippen LogP contribution in [0.5, 0.6) is 0 Å². The summed E-state index contributed by atoms with van der Waals surface area (Å²) >= 11 is 11.7. The molecule has 15 heavy (non-hydrogen) atoms. The van der Waals surface area contributed by atoms with Gasteiger partial charge >= 0.3 is 0 Å². The zero-order valence-electron chi connectivity index (χ0n) is 8.41. The minimum absolute atomic E-state index is 0.422. The van der Waals surface area contributed by atoms with Crippen LogP contribution in [-0.2, 0) is 9.47 Å². The van der Waals surface area contributed by atoms with Crippen LogP contribution in [0.4, 0.5) is 0 Å². The molecule has 0 radical (unpaired) electrons. The maximum Gasteiger partial charge on any atom is 0.187 e. The van der Waals surface area contributed by atoms with E-state index >= 15 is 0 Å². The summed E-state index contributed by atoms with van der Waals surface area (Å²) in [7, 11) is 2.88. The van der Waals surface area contributed by atoms with Crippen LogP contribution in [0.2, 0.25) is 10.0 Å². The minimum atomic E-state index is -0.966. The molecule has 0 spiro atoms. The molecule has 0 aromatic heterocycles. The van der Waals surface area contributed by atoms with Crippen LogP contribution in [0.1, 0.15) is 11.7 Å². The number of ether oxygens (including phenoxy) is 2. The van der Waals surface area contributed by atoms with Crippen molar-refractivity contribution >= 4 is 23.2 Å². The fraction of sp³-hybridized carbons (Fsp3) is 0.400. The van der Waals surface area contributed by atoms with Gasteiger partial charge in [-0.15, -0.1) is 0 Å². The molecular weight excluding hydrogens is 239 g/mol. The second-order valence-corrected chi connectivity index (χ2v) is 3.79. The van der Waals surface area contributed by atoms with Crippen molar-refractivity contribution in [1.29, 1.82) is 0 Å². The Morgan fingerprint density at radius 3 is 2.33 bits per heavy atom. The average molecular weight is 251 g/mol. The van der Waals surface area contributed by atoms with Crippen LogP contribution >= 0.6 is 23.2 Å². The van der Waals surface area contributed by atoms with Gasteiger partial charge in [0.25, 0.3) is 0 Å². The molecular formula is C10H12Cl2O3. The molecule has 5 heteroatoms. The first kappa shape index (κ1) is 12.7. The Labute approximate surface area is 98.5 Å². The lowest BCUT2D eigenvalue weighted by atomic mass is 10.1. The van der Waals surface area contributed by atoms with E-state index in [0.717, 1.165) is 0 Å². The molecule has 0 saturated carbocycles. The number of hydrogen-bond acceptors (Lipinski definition) is 3. The molecule has 0 bridgehead atoms. The van der Waals surface area contributed by atoms with Gasteiger partial charge in [-0.05, 0) is 18.2 Å². The average Bonchev–Trinajstić information content (AvgIpc) is 2.23. The van der Waals surface area contributed by atoms with Gasteiger partial charge in [-0.1, -0.05) is 23.2 Å². The lowest BCUT2D eigenvalue weighted by Gasteiger charge is -2.21. The van der Waals surface area contributed by atoms with Crippen molar-refractivity contribution in [3.8, 4) is 0 Å². The molecule has 1 N–H and O–H groups in total. The number of rotatable bonds is 4. The Kier molecular flexibility index (Phi) is 4.83. The van der Waals surface area contributed by atoms with E-state index in [9.17, 15) is 5.11 Å². The molecule has 1 aromatic carbocycles. The predicted octanol–water partition coefficient (Wildman–Crippen LogP) is 2.65. The Hall–Kier alpha value is -0.320. The number of aliphatic hydroxyl groups excluding tert-OH is 1. The topological polar surface area (TPSA) is 38.7 Å². The monoisotopic (exact) mass is 250 g/mol. The van der Waals surface area contributed by atoms with Crippen molar-refractivity contribution in [2.24, 2.45) is 0 Å². The van der Waals surface area contributed by atoms with Crippen molar-refractivity contribution < 1.29 is 14.6 Å². The van der Waals surface area contributed by atoms with Gasteiger partial charge in [0.2, 0.25) is 0 Å². The SMILES string of the molecule is COC(OC)C(O)c1cc(Cl)ccc1Cl. The smallest absolute Gasteiger partial charge is 0.187 e. The zero-order chi connectivity index (χ0) is 11.4. The third-order valence-corrected chi connectivity index (χ3v) is 2.58. The quantitative estimate of drug-likeness (QED) is 0.836. The van der Waals surface area contributed by atoms with Gasteiger partial charge in [0, 0.05) is 29.8 Å². The first-order valence-corrected chi connectivity index (χ1v) is 5.04. The van der Waals surface area contributed by atoms with Crippen LogP contribution in [0.3, 0.4) is 0 Å². The molecule has 0 saturated heterocycles. The molecule has 0 aliphatic carbocycles. The van der Waals surface area contributed by atoms with Gasteiger partial charge in [0.05, 0.1) is 0 Å². The predicted molar refractivity (Wildman–Crippen MR) is 59.2 cm³/mol. The summed E-state index contributed by atoms with van der Waals surface area (Å²) in [6.07, 6.45) is -1.73. The fourth-order valence-corrected chi connectivity index (χ4v) is 1.65. The maximum atomic E-state index is 9.89. The molecule has 0 heterocycles. The van der Waals surface area contributed by atoms with Gasteiger partial charge in [-0.25, -0.2) is 0 Å². The first-order valence-electron chi connectivity index (χ1n) is 4.28. The lowest BCUT2D eigenvalue weighted by Crippen LogP contribution is -2.23. The summed E-state index contributed by atoms with van der Waals surface area (Å²) in [6.45, 7) is 0. The Balaban J connectivity index is 2.98. The third-order valence-electron chi connectivity index (χ3n) is 2.00. The van der Waals surface area contributed by atoms with Crippen LogP contribution in [0.25, 0.3) is 0 Å². The molecule has 1 atom stereocenters. The maximum absolute atomic E-state index is 9.89. The van der Waals surface area contributed by atoms with Gasteiger partial charge < -0.3 is 14.6 Å². The summed E-state index contributed by atoms with van der Waals surface area (Å²) in [5.41, 5.74) is 0.484. The van der Waals surface area contributed by atoms with E-state index in [4.69, 9.17) is 32.7 Å². The van der Waals surface area contributed by atoms with Crippen molar-refractivity contribution in [2.45, 2.75) is 12.4 Å². The van der Waals surface area contributed by atoms with E-state index in [-0.39, 0.29) is 0 Å². The Morgan fingerprint density at radius 2 is 1.80 bits per heavy atom. The normalized spacial score (nSPS) is 13.2. The molecule has 0 aliphatic rings. The minimum Gasteiger partial charge on any atom is -0.383 e. The van der Waals surface area contributed by atoms with Crippen LogP contribution in [0.15, 0.2) is 18.2 Å².